The number of benzene rings is 1. The lowest BCUT2D eigenvalue weighted by Crippen LogP contribution is -1.88. The normalized spacial score (nSPS) is 8.36. The molecule has 0 atom stereocenters. The molecule has 3 nitrogen and oxygen atoms in total. The van der Waals surface area contributed by atoms with Crippen molar-refractivity contribution in [2.75, 3.05) is 13.7 Å². The van der Waals surface area contributed by atoms with Crippen LogP contribution in [0.1, 0.15) is 11.1 Å². The quantitative estimate of drug-likeness (QED) is 0.665. The smallest absolute Gasteiger partial charge is 0.137 e. The lowest BCUT2D eigenvalue weighted by Gasteiger charge is -2.01. The van der Waals surface area contributed by atoms with Crippen LogP contribution in [0.2, 0.25) is 0 Å². The van der Waals surface area contributed by atoms with E-state index in [4.69, 9.17) is 15.1 Å². The second kappa shape index (κ2) is 4.91. The molecule has 0 saturated carbocycles. The van der Waals surface area contributed by atoms with Crippen molar-refractivity contribution in [1.82, 2.24) is 0 Å². The number of hydrogen-bond donors (Lipinski definition) is 1. The van der Waals surface area contributed by atoms with Crippen molar-refractivity contribution in [2.24, 2.45) is 0 Å². The third kappa shape index (κ3) is 2.26. The van der Waals surface area contributed by atoms with Crippen LogP contribution in [-0.4, -0.2) is 18.8 Å². The molecule has 0 amide bonds. The van der Waals surface area contributed by atoms with Gasteiger partial charge in [0.15, 0.2) is 0 Å². The van der Waals surface area contributed by atoms with Crippen molar-refractivity contribution in [1.29, 1.82) is 5.26 Å². The van der Waals surface area contributed by atoms with E-state index in [-0.39, 0.29) is 6.61 Å². The van der Waals surface area contributed by atoms with E-state index in [9.17, 15) is 0 Å². The lowest BCUT2D eigenvalue weighted by molar-refractivity contribution is 0.350. The average Bonchev–Trinajstić information content (AvgIpc) is 2.25. The summed E-state index contributed by atoms with van der Waals surface area (Å²) >= 11 is 0. The molecule has 0 bridgehead atoms. The first-order valence-corrected chi connectivity index (χ1v) is 3.99. The van der Waals surface area contributed by atoms with Crippen LogP contribution < -0.4 is 4.74 Å². The molecule has 1 aromatic carbocycles. The second-order valence-electron chi connectivity index (χ2n) is 2.49. The van der Waals surface area contributed by atoms with Gasteiger partial charge in [-0.15, -0.1) is 0 Å². The molecule has 1 rings (SSSR count). The van der Waals surface area contributed by atoms with Gasteiger partial charge >= 0.3 is 0 Å². The van der Waals surface area contributed by atoms with E-state index in [1.165, 1.54) is 7.11 Å². The molecule has 3 heteroatoms. The molecule has 0 heterocycles. The third-order valence-corrected chi connectivity index (χ3v) is 1.63. The summed E-state index contributed by atoms with van der Waals surface area (Å²) < 4.78 is 5.00. The van der Waals surface area contributed by atoms with Gasteiger partial charge in [-0.3, -0.25) is 0 Å². The van der Waals surface area contributed by atoms with Gasteiger partial charge in [-0.05, 0) is 18.2 Å². The number of aliphatic hydroxyl groups is 1. The van der Waals surface area contributed by atoms with E-state index < -0.39 is 0 Å². The largest absolute Gasteiger partial charge is 0.495 e. The van der Waals surface area contributed by atoms with Crippen LogP contribution >= 0.6 is 0 Å². The van der Waals surface area contributed by atoms with E-state index in [1.807, 2.05) is 6.07 Å². The molecule has 14 heavy (non-hydrogen) atoms. The van der Waals surface area contributed by atoms with Crippen molar-refractivity contribution in [3.63, 3.8) is 0 Å². The van der Waals surface area contributed by atoms with Gasteiger partial charge in [-0.2, -0.15) is 5.26 Å². The monoisotopic (exact) mass is 187 g/mol. The second-order valence-corrected chi connectivity index (χ2v) is 2.49. The fourth-order valence-corrected chi connectivity index (χ4v) is 1.00. The molecule has 1 aromatic rings. The van der Waals surface area contributed by atoms with Gasteiger partial charge in [0.25, 0.3) is 0 Å². The highest BCUT2D eigenvalue weighted by Crippen LogP contribution is 2.18. The zero-order chi connectivity index (χ0) is 10.4. The Bertz CT molecular complexity index is 421. The summed E-state index contributed by atoms with van der Waals surface area (Å²) in [6.45, 7) is -0.178. The number of hydrogen-bond acceptors (Lipinski definition) is 3. The number of nitrogens with zero attached hydrogens (tertiary/aromatic N) is 1. The Labute approximate surface area is 82.6 Å². The molecular weight excluding hydrogens is 178 g/mol. The van der Waals surface area contributed by atoms with Gasteiger partial charge < -0.3 is 9.84 Å². The van der Waals surface area contributed by atoms with E-state index in [2.05, 4.69) is 11.8 Å². The van der Waals surface area contributed by atoms with E-state index >= 15 is 0 Å². The van der Waals surface area contributed by atoms with Crippen LogP contribution in [0.4, 0.5) is 0 Å². The number of rotatable bonds is 1. The van der Waals surface area contributed by atoms with Gasteiger partial charge in [-0.25, -0.2) is 0 Å². The lowest BCUT2D eigenvalue weighted by atomic mass is 10.1. The van der Waals surface area contributed by atoms with Gasteiger partial charge in [-0.1, -0.05) is 11.8 Å². The fraction of sp³-hybridized carbons (Fsp3) is 0.182. The van der Waals surface area contributed by atoms with Crippen LogP contribution in [0.5, 0.6) is 5.75 Å². The summed E-state index contributed by atoms with van der Waals surface area (Å²) in [5, 5.41) is 17.2. The van der Waals surface area contributed by atoms with Crippen molar-refractivity contribution in [3.8, 4) is 23.7 Å². The predicted molar refractivity (Wildman–Crippen MR) is 51.7 cm³/mol. The molecular formula is C11H9NO2. The Morgan fingerprint density at radius 1 is 1.50 bits per heavy atom. The molecule has 1 N–H and O–H groups in total. The molecule has 0 aromatic heterocycles. The third-order valence-electron chi connectivity index (χ3n) is 1.63. The van der Waals surface area contributed by atoms with E-state index in [1.54, 1.807) is 18.2 Å². The standard InChI is InChI=1S/C11H9NO2/c1-14-11-7-9(3-2-6-13)4-5-10(11)8-12/h4-5,7,13H,6H2,1H3. The maximum atomic E-state index is 8.71. The number of methoxy groups -OCH3 is 1. The molecule has 0 unspecified atom stereocenters. The summed E-state index contributed by atoms with van der Waals surface area (Å²) in [6.07, 6.45) is 0. The highest BCUT2D eigenvalue weighted by molar-refractivity contribution is 5.49. The molecule has 70 valence electrons. The number of nitriles is 1. The molecule has 0 fully saturated rings. The molecule has 0 aliphatic carbocycles. The Morgan fingerprint density at radius 3 is 2.86 bits per heavy atom. The fourth-order valence-electron chi connectivity index (χ4n) is 1.00. The van der Waals surface area contributed by atoms with Gasteiger partial charge in [0, 0.05) is 5.56 Å². The minimum atomic E-state index is -0.178. The first-order chi connectivity index (χ1) is 6.81. The minimum Gasteiger partial charge on any atom is -0.495 e. The van der Waals surface area contributed by atoms with Crippen LogP contribution in [0.15, 0.2) is 18.2 Å². The first-order valence-electron chi connectivity index (χ1n) is 3.99. The first kappa shape index (κ1) is 10.1. The van der Waals surface area contributed by atoms with Crippen LogP contribution in [0.25, 0.3) is 0 Å². The van der Waals surface area contributed by atoms with Gasteiger partial charge in [0.1, 0.15) is 18.4 Å². The summed E-state index contributed by atoms with van der Waals surface area (Å²) in [5.74, 6) is 5.75. The van der Waals surface area contributed by atoms with Crippen molar-refractivity contribution >= 4 is 0 Å². The minimum absolute atomic E-state index is 0.178. The topological polar surface area (TPSA) is 53.2 Å². The van der Waals surface area contributed by atoms with Crippen LogP contribution in [-0.2, 0) is 0 Å². The summed E-state index contributed by atoms with van der Waals surface area (Å²) in [4.78, 5) is 0. The molecule has 0 spiro atoms. The average molecular weight is 187 g/mol. The highest BCUT2D eigenvalue weighted by atomic mass is 16.5. The number of aliphatic hydroxyl groups excluding tert-OH is 1. The Balaban J connectivity index is 3.09. The van der Waals surface area contributed by atoms with Crippen molar-refractivity contribution in [2.45, 2.75) is 0 Å². The van der Waals surface area contributed by atoms with Crippen molar-refractivity contribution in [3.05, 3.63) is 29.3 Å². The maximum Gasteiger partial charge on any atom is 0.137 e. The zero-order valence-corrected chi connectivity index (χ0v) is 7.74. The summed E-state index contributed by atoms with van der Waals surface area (Å²) in [7, 11) is 1.50. The predicted octanol–water partition coefficient (Wildman–Crippen LogP) is 0.911. The Kier molecular flexibility index (Phi) is 3.55. The maximum absolute atomic E-state index is 8.71. The molecule has 0 aliphatic rings. The molecule has 0 aliphatic heterocycles. The van der Waals surface area contributed by atoms with Gasteiger partial charge in [0.05, 0.1) is 12.7 Å². The van der Waals surface area contributed by atoms with Crippen molar-refractivity contribution < 1.29 is 9.84 Å². The highest BCUT2D eigenvalue weighted by Gasteiger charge is 2.01. The SMILES string of the molecule is COc1cc(C#CCO)ccc1C#N. The Morgan fingerprint density at radius 2 is 2.29 bits per heavy atom. The van der Waals surface area contributed by atoms with Gasteiger partial charge in [0.2, 0.25) is 0 Å². The Hall–Kier alpha value is -1.97. The summed E-state index contributed by atoms with van der Waals surface area (Å²) in [6, 6.07) is 7.03. The van der Waals surface area contributed by atoms with Crippen LogP contribution in [0.3, 0.4) is 0 Å². The van der Waals surface area contributed by atoms with E-state index in [0.29, 0.717) is 11.3 Å². The molecule has 0 radical (unpaired) electrons. The summed E-state index contributed by atoms with van der Waals surface area (Å²) in [5.41, 5.74) is 1.19. The molecule has 0 saturated heterocycles. The van der Waals surface area contributed by atoms with E-state index in [0.717, 1.165) is 5.56 Å². The van der Waals surface area contributed by atoms with Crippen LogP contribution in [0, 0.1) is 23.2 Å². The number of ether oxygens (including phenoxy) is 1. The zero-order valence-electron chi connectivity index (χ0n) is 7.74.